The molecule has 4 aromatic rings. The Labute approximate surface area is 232 Å². The quantitative estimate of drug-likeness (QED) is 0.241. The number of benzene rings is 3. The van der Waals surface area contributed by atoms with E-state index in [1.807, 2.05) is 13.0 Å². The number of aromatic nitrogens is 1. The molecule has 0 spiro atoms. The van der Waals surface area contributed by atoms with Crippen molar-refractivity contribution in [2.24, 2.45) is 0 Å². The van der Waals surface area contributed by atoms with E-state index in [1.54, 1.807) is 17.6 Å². The number of carboxylic acids is 1. The number of amides is 1. The molecule has 2 heterocycles. The molecule has 1 amide bonds. The van der Waals surface area contributed by atoms with Gasteiger partial charge >= 0.3 is 5.97 Å². The maximum atomic E-state index is 15.1. The molecule has 1 atom stereocenters. The van der Waals surface area contributed by atoms with Gasteiger partial charge in [0.25, 0.3) is 0 Å². The van der Waals surface area contributed by atoms with E-state index < -0.39 is 23.1 Å². The first-order chi connectivity index (χ1) is 19.2. The van der Waals surface area contributed by atoms with Gasteiger partial charge < -0.3 is 25.2 Å². The standard InChI is InChI=1S/C29H25F2N3O5S/c1-29(15-26(35)34-28-32-9-10-40-28)21-14-25(24(38-2)12-16(21)7-8-33-29)39-18-4-6-20(23(31)13-18)19-5-3-17(27(36)37)11-22(19)30/h3-6,9-14,33H,7-8,15H2,1-2H3,(H,36,37)(H,32,34,35). The van der Waals surface area contributed by atoms with Crippen molar-refractivity contribution >= 4 is 28.3 Å². The number of hydrogen-bond acceptors (Lipinski definition) is 7. The highest BCUT2D eigenvalue weighted by molar-refractivity contribution is 7.13. The van der Waals surface area contributed by atoms with Crippen molar-refractivity contribution in [1.82, 2.24) is 10.3 Å². The second kappa shape index (κ2) is 11.0. The number of nitrogens with one attached hydrogen (secondary N) is 2. The van der Waals surface area contributed by atoms with Crippen LogP contribution in [0.3, 0.4) is 0 Å². The minimum absolute atomic E-state index is 0.0396. The molecule has 1 unspecified atom stereocenters. The number of rotatable bonds is 8. The van der Waals surface area contributed by atoms with Crippen molar-refractivity contribution < 1.29 is 33.0 Å². The van der Waals surface area contributed by atoms with Gasteiger partial charge in [0.15, 0.2) is 16.6 Å². The van der Waals surface area contributed by atoms with Crippen molar-refractivity contribution in [3.63, 3.8) is 0 Å². The van der Waals surface area contributed by atoms with Crippen molar-refractivity contribution in [3.05, 3.63) is 88.4 Å². The number of carbonyl (C=O) groups is 2. The molecule has 1 aromatic heterocycles. The van der Waals surface area contributed by atoms with Crippen LogP contribution in [0.1, 0.15) is 34.8 Å². The van der Waals surface area contributed by atoms with Gasteiger partial charge in [0.05, 0.1) is 12.7 Å². The van der Waals surface area contributed by atoms with Crippen LogP contribution in [-0.4, -0.2) is 35.6 Å². The van der Waals surface area contributed by atoms with Crippen LogP contribution in [0.25, 0.3) is 11.1 Å². The Morgan fingerprint density at radius 1 is 1.10 bits per heavy atom. The van der Waals surface area contributed by atoms with Gasteiger partial charge in [-0.05, 0) is 60.9 Å². The van der Waals surface area contributed by atoms with Crippen molar-refractivity contribution in [2.45, 2.75) is 25.3 Å². The van der Waals surface area contributed by atoms with Crippen LogP contribution in [0.2, 0.25) is 0 Å². The summed E-state index contributed by atoms with van der Waals surface area (Å²) >= 11 is 1.33. The number of fused-ring (bicyclic) bond motifs is 1. The summed E-state index contributed by atoms with van der Waals surface area (Å²) in [6.45, 7) is 2.59. The molecule has 3 N–H and O–H groups in total. The highest BCUT2D eigenvalue weighted by Gasteiger charge is 2.35. The average molecular weight is 566 g/mol. The molecular formula is C29H25F2N3O5S. The summed E-state index contributed by atoms with van der Waals surface area (Å²) in [5.41, 5.74) is 0.785. The van der Waals surface area contributed by atoms with Gasteiger partial charge in [0.1, 0.15) is 17.4 Å². The molecule has 5 rings (SSSR count). The minimum Gasteiger partial charge on any atom is -0.493 e. The zero-order valence-electron chi connectivity index (χ0n) is 21.6. The number of methoxy groups -OCH3 is 1. The molecule has 0 bridgehead atoms. The first-order valence-electron chi connectivity index (χ1n) is 12.3. The first-order valence-corrected chi connectivity index (χ1v) is 13.2. The highest BCUT2D eigenvalue weighted by atomic mass is 32.1. The van der Waals surface area contributed by atoms with Gasteiger partial charge in [-0.25, -0.2) is 18.6 Å². The molecule has 1 aliphatic rings. The summed E-state index contributed by atoms with van der Waals surface area (Å²) in [6, 6.07) is 10.9. The summed E-state index contributed by atoms with van der Waals surface area (Å²) in [5, 5.41) is 17.6. The van der Waals surface area contributed by atoms with Gasteiger partial charge in [-0.15, -0.1) is 11.3 Å². The van der Waals surface area contributed by atoms with Crippen LogP contribution >= 0.6 is 11.3 Å². The van der Waals surface area contributed by atoms with E-state index in [-0.39, 0.29) is 34.8 Å². The van der Waals surface area contributed by atoms with Gasteiger partial charge in [0, 0.05) is 47.3 Å². The summed E-state index contributed by atoms with van der Waals surface area (Å²) < 4.78 is 41.2. The highest BCUT2D eigenvalue weighted by Crippen LogP contribution is 2.41. The molecule has 1 aliphatic heterocycles. The second-order valence-electron chi connectivity index (χ2n) is 9.47. The van der Waals surface area contributed by atoms with E-state index in [2.05, 4.69) is 15.6 Å². The van der Waals surface area contributed by atoms with E-state index in [4.69, 9.17) is 14.6 Å². The predicted molar refractivity (Wildman–Crippen MR) is 146 cm³/mol. The topological polar surface area (TPSA) is 110 Å². The average Bonchev–Trinajstić information content (AvgIpc) is 3.42. The molecule has 11 heteroatoms. The molecule has 0 fully saturated rings. The minimum atomic E-state index is -1.28. The fourth-order valence-corrected chi connectivity index (χ4v) is 5.37. The zero-order valence-corrected chi connectivity index (χ0v) is 22.4. The number of ether oxygens (including phenoxy) is 2. The summed E-state index contributed by atoms with van der Waals surface area (Å²) in [6.07, 6.45) is 2.47. The monoisotopic (exact) mass is 565 g/mol. The lowest BCUT2D eigenvalue weighted by Crippen LogP contribution is -2.47. The van der Waals surface area contributed by atoms with Gasteiger partial charge in [-0.1, -0.05) is 6.07 Å². The van der Waals surface area contributed by atoms with E-state index >= 15 is 4.39 Å². The maximum Gasteiger partial charge on any atom is 0.335 e. The van der Waals surface area contributed by atoms with E-state index in [0.29, 0.717) is 29.6 Å². The molecule has 8 nitrogen and oxygen atoms in total. The fraction of sp³-hybridized carbons (Fsp3) is 0.207. The first kappa shape index (κ1) is 27.2. The van der Waals surface area contributed by atoms with Crippen molar-refractivity contribution in [2.75, 3.05) is 19.0 Å². The van der Waals surface area contributed by atoms with Gasteiger partial charge in [-0.2, -0.15) is 0 Å². The molecule has 0 radical (unpaired) electrons. The molecule has 3 aromatic carbocycles. The molecular weight excluding hydrogens is 540 g/mol. The number of anilines is 1. The third kappa shape index (κ3) is 5.51. The number of halogens is 2. The Morgan fingerprint density at radius 2 is 1.85 bits per heavy atom. The SMILES string of the molecule is COc1cc2c(cc1Oc1ccc(-c3ccc(C(=O)O)cc3F)c(F)c1)C(C)(CC(=O)Nc1nccs1)NCC2. The van der Waals surface area contributed by atoms with Crippen LogP contribution in [0.5, 0.6) is 17.2 Å². The van der Waals surface area contributed by atoms with Crippen LogP contribution in [0.15, 0.2) is 60.1 Å². The Bertz CT molecular complexity index is 1600. The van der Waals surface area contributed by atoms with Crippen molar-refractivity contribution in [3.8, 4) is 28.4 Å². The smallest absolute Gasteiger partial charge is 0.335 e. The molecule has 40 heavy (non-hydrogen) atoms. The number of hydrogen-bond donors (Lipinski definition) is 3. The van der Waals surface area contributed by atoms with E-state index in [1.165, 1.54) is 42.7 Å². The third-order valence-corrected chi connectivity index (χ3v) is 7.45. The Hall–Kier alpha value is -4.35. The van der Waals surface area contributed by atoms with Crippen LogP contribution in [-0.2, 0) is 16.8 Å². The molecule has 0 aliphatic carbocycles. The third-order valence-electron chi connectivity index (χ3n) is 6.76. The van der Waals surface area contributed by atoms with E-state index in [9.17, 15) is 14.0 Å². The maximum absolute atomic E-state index is 15.1. The molecule has 0 saturated heterocycles. The van der Waals surface area contributed by atoms with Crippen LogP contribution in [0, 0.1) is 11.6 Å². The van der Waals surface area contributed by atoms with Crippen molar-refractivity contribution in [1.29, 1.82) is 0 Å². The second-order valence-corrected chi connectivity index (χ2v) is 10.4. The number of thiazole rings is 1. The van der Waals surface area contributed by atoms with Gasteiger partial charge in [-0.3, -0.25) is 4.79 Å². The van der Waals surface area contributed by atoms with Crippen LogP contribution < -0.4 is 20.1 Å². The fourth-order valence-electron chi connectivity index (χ4n) is 4.83. The van der Waals surface area contributed by atoms with Crippen LogP contribution in [0.4, 0.5) is 13.9 Å². The Morgan fingerprint density at radius 3 is 2.50 bits per heavy atom. The normalized spacial score (nSPS) is 16.2. The predicted octanol–water partition coefficient (Wildman–Crippen LogP) is 5.98. The number of carbonyl (C=O) groups excluding carboxylic acids is 1. The lowest BCUT2D eigenvalue weighted by molar-refractivity contribution is -0.117. The largest absolute Gasteiger partial charge is 0.493 e. The number of carboxylic acid groups (broad SMARTS) is 1. The number of aromatic carboxylic acids is 1. The lowest BCUT2D eigenvalue weighted by atomic mass is 9.81. The van der Waals surface area contributed by atoms with Gasteiger partial charge in [0.2, 0.25) is 5.91 Å². The lowest BCUT2D eigenvalue weighted by Gasteiger charge is -2.37. The summed E-state index contributed by atoms with van der Waals surface area (Å²) in [4.78, 5) is 28.0. The Kier molecular flexibility index (Phi) is 7.51. The Balaban J connectivity index is 1.43. The number of nitrogens with zero attached hydrogens (tertiary/aromatic N) is 1. The van der Waals surface area contributed by atoms with E-state index in [0.717, 1.165) is 23.3 Å². The zero-order chi connectivity index (χ0) is 28.4. The summed E-state index contributed by atoms with van der Waals surface area (Å²) in [7, 11) is 1.50. The molecule has 206 valence electrons. The molecule has 0 saturated carbocycles. The summed E-state index contributed by atoms with van der Waals surface area (Å²) in [5.74, 6) is -2.17.